The van der Waals surface area contributed by atoms with Gasteiger partial charge in [0.05, 0.1) is 16.0 Å². The zero-order valence-corrected chi connectivity index (χ0v) is 12.1. The molecule has 0 radical (unpaired) electrons. The fourth-order valence-electron chi connectivity index (χ4n) is 2.49. The van der Waals surface area contributed by atoms with Gasteiger partial charge in [-0.3, -0.25) is 4.21 Å². The van der Waals surface area contributed by atoms with Crippen molar-refractivity contribution in [3.05, 3.63) is 29.3 Å². The Morgan fingerprint density at radius 3 is 2.33 bits per heavy atom. The molecule has 18 heavy (non-hydrogen) atoms. The van der Waals surface area contributed by atoms with E-state index in [0.29, 0.717) is 5.02 Å². The molecule has 1 saturated carbocycles. The van der Waals surface area contributed by atoms with Crippen LogP contribution in [0.1, 0.15) is 38.5 Å². The molecule has 4 heteroatoms. The van der Waals surface area contributed by atoms with Gasteiger partial charge < -0.3 is 5.73 Å². The molecule has 1 aliphatic rings. The second kappa shape index (κ2) is 6.69. The molecule has 0 aromatic heterocycles. The number of benzene rings is 1. The molecule has 3 unspecified atom stereocenters. The topological polar surface area (TPSA) is 43.1 Å². The summed E-state index contributed by atoms with van der Waals surface area (Å²) in [5.41, 5.74) is 6.20. The molecule has 2 N–H and O–H groups in total. The highest BCUT2D eigenvalue weighted by Gasteiger charge is 2.25. The van der Waals surface area contributed by atoms with Crippen LogP contribution in [-0.2, 0) is 10.8 Å². The Labute approximate surface area is 116 Å². The number of nitrogens with two attached hydrogens (primary N) is 1. The smallest absolute Gasteiger partial charge is 0.0576 e. The van der Waals surface area contributed by atoms with Crippen LogP contribution in [0.15, 0.2) is 29.2 Å². The SMILES string of the molecule is NC1CCCCCCC1S(=O)c1ccc(Cl)cc1. The van der Waals surface area contributed by atoms with Crippen molar-refractivity contribution in [1.29, 1.82) is 0 Å². The van der Waals surface area contributed by atoms with Crippen molar-refractivity contribution in [3.63, 3.8) is 0 Å². The molecule has 1 aromatic rings. The number of hydrogen-bond acceptors (Lipinski definition) is 2. The van der Waals surface area contributed by atoms with E-state index in [4.69, 9.17) is 17.3 Å². The molecule has 100 valence electrons. The highest BCUT2D eigenvalue weighted by Crippen LogP contribution is 2.24. The average Bonchev–Trinajstić information content (AvgIpc) is 2.35. The monoisotopic (exact) mass is 285 g/mol. The van der Waals surface area contributed by atoms with Crippen molar-refractivity contribution in [2.24, 2.45) is 5.73 Å². The first-order valence-corrected chi connectivity index (χ1v) is 8.19. The van der Waals surface area contributed by atoms with Crippen LogP contribution in [0.3, 0.4) is 0 Å². The summed E-state index contributed by atoms with van der Waals surface area (Å²) in [6.45, 7) is 0. The largest absolute Gasteiger partial charge is 0.327 e. The van der Waals surface area contributed by atoms with Gasteiger partial charge in [0.1, 0.15) is 0 Å². The van der Waals surface area contributed by atoms with Gasteiger partial charge in [0.25, 0.3) is 0 Å². The van der Waals surface area contributed by atoms with Crippen LogP contribution in [0.2, 0.25) is 5.02 Å². The molecule has 0 heterocycles. The van der Waals surface area contributed by atoms with Gasteiger partial charge in [-0.1, -0.05) is 37.3 Å². The fraction of sp³-hybridized carbons (Fsp3) is 0.571. The maximum atomic E-state index is 12.6. The summed E-state index contributed by atoms with van der Waals surface area (Å²) in [7, 11) is -1.01. The van der Waals surface area contributed by atoms with Gasteiger partial charge >= 0.3 is 0 Å². The van der Waals surface area contributed by atoms with Gasteiger partial charge in [0.15, 0.2) is 0 Å². The van der Waals surface area contributed by atoms with E-state index < -0.39 is 10.8 Å². The second-order valence-corrected chi connectivity index (χ2v) is 7.05. The molecule has 0 spiro atoms. The van der Waals surface area contributed by atoms with Crippen LogP contribution in [0.25, 0.3) is 0 Å². The Hall–Kier alpha value is -0.380. The van der Waals surface area contributed by atoms with E-state index in [1.165, 1.54) is 12.8 Å². The first-order valence-electron chi connectivity index (χ1n) is 6.60. The van der Waals surface area contributed by atoms with Crippen molar-refractivity contribution in [3.8, 4) is 0 Å². The second-order valence-electron chi connectivity index (χ2n) is 4.95. The molecule has 3 atom stereocenters. The van der Waals surface area contributed by atoms with Crippen LogP contribution < -0.4 is 5.73 Å². The summed E-state index contributed by atoms with van der Waals surface area (Å²) in [4.78, 5) is 0.848. The van der Waals surface area contributed by atoms with Crippen LogP contribution in [0.4, 0.5) is 0 Å². The van der Waals surface area contributed by atoms with Crippen LogP contribution in [0, 0.1) is 0 Å². The van der Waals surface area contributed by atoms with E-state index >= 15 is 0 Å². The lowest BCUT2D eigenvalue weighted by Crippen LogP contribution is -2.38. The third-order valence-electron chi connectivity index (χ3n) is 3.57. The zero-order chi connectivity index (χ0) is 13.0. The van der Waals surface area contributed by atoms with Gasteiger partial charge in [-0.15, -0.1) is 0 Å². The molecule has 1 fully saturated rings. The Morgan fingerprint density at radius 2 is 1.67 bits per heavy atom. The standard InChI is InChI=1S/C14H20ClNOS/c15-11-7-9-12(10-8-11)18(17)14-6-4-2-1-3-5-13(14)16/h7-10,13-14H,1-6,16H2. The predicted octanol–water partition coefficient (Wildman–Crippen LogP) is 3.50. The molecule has 1 aromatic carbocycles. The summed E-state index contributed by atoms with van der Waals surface area (Å²) in [5, 5.41) is 0.768. The van der Waals surface area contributed by atoms with Crippen molar-refractivity contribution in [2.75, 3.05) is 0 Å². The quantitative estimate of drug-likeness (QED) is 0.904. The van der Waals surface area contributed by atoms with E-state index in [2.05, 4.69) is 0 Å². The van der Waals surface area contributed by atoms with E-state index in [0.717, 1.165) is 30.6 Å². The van der Waals surface area contributed by atoms with Crippen LogP contribution in [0.5, 0.6) is 0 Å². The normalized spacial score (nSPS) is 27.2. The Balaban J connectivity index is 2.12. The number of rotatable bonds is 2. The third kappa shape index (κ3) is 3.56. The van der Waals surface area contributed by atoms with E-state index in [-0.39, 0.29) is 11.3 Å². The highest BCUT2D eigenvalue weighted by molar-refractivity contribution is 7.85. The van der Waals surface area contributed by atoms with E-state index in [9.17, 15) is 4.21 Å². The molecule has 0 bridgehead atoms. The number of halogens is 1. The maximum absolute atomic E-state index is 12.6. The molecule has 2 rings (SSSR count). The van der Waals surface area contributed by atoms with Crippen molar-refractivity contribution < 1.29 is 4.21 Å². The summed E-state index contributed by atoms with van der Waals surface area (Å²) in [5.74, 6) is 0. The average molecular weight is 286 g/mol. The van der Waals surface area contributed by atoms with Gasteiger partial charge in [-0.05, 0) is 37.1 Å². The Bertz CT molecular complexity index is 407. The van der Waals surface area contributed by atoms with Crippen LogP contribution >= 0.6 is 11.6 Å². The van der Waals surface area contributed by atoms with Crippen LogP contribution in [-0.4, -0.2) is 15.5 Å². The van der Waals surface area contributed by atoms with Crippen molar-refractivity contribution in [1.82, 2.24) is 0 Å². The lowest BCUT2D eigenvalue weighted by Gasteiger charge is -2.25. The summed E-state index contributed by atoms with van der Waals surface area (Å²) in [6.07, 6.45) is 6.75. The van der Waals surface area contributed by atoms with E-state index in [1.54, 1.807) is 12.1 Å². The summed E-state index contributed by atoms with van der Waals surface area (Å²) >= 11 is 5.85. The van der Waals surface area contributed by atoms with Crippen molar-refractivity contribution in [2.45, 2.75) is 54.7 Å². The first kappa shape index (κ1) is 14.0. The maximum Gasteiger partial charge on any atom is 0.0576 e. The molecule has 0 amide bonds. The minimum Gasteiger partial charge on any atom is -0.327 e. The van der Waals surface area contributed by atoms with E-state index in [1.807, 2.05) is 12.1 Å². The van der Waals surface area contributed by atoms with Crippen molar-refractivity contribution >= 4 is 22.4 Å². The Morgan fingerprint density at radius 1 is 1.06 bits per heavy atom. The van der Waals surface area contributed by atoms with Gasteiger partial charge in [-0.25, -0.2) is 0 Å². The zero-order valence-electron chi connectivity index (χ0n) is 10.5. The molecular weight excluding hydrogens is 266 g/mol. The molecule has 0 saturated heterocycles. The third-order valence-corrected chi connectivity index (χ3v) is 5.70. The highest BCUT2D eigenvalue weighted by atomic mass is 35.5. The lowest BCUT2D eigenvalue weighted by molar-refractivity contribution is 0.456. The van der Waals surface area contributed by atoms with Gasteiger partial charge in [0.2, 0.25) is 0 Å². The lowest BCUT2D eigenvalue weighted by atomic mass is 9.97. The predicted molar refractivity (Wildman–Crippen MR) is 77.3 cm³/mol. The molecule has 1 aliphatic carbocycles. The Kier molecular flexibility index (Phi) is 5.22. The van der Waals surface area contributed by atoms with Gasteiger partial charge in [-0.2, -0.15) is 0 Å². The number of hydrogen-bond donors (Lipinski definition) is 1. The fourth-order valence-corrected chi connectivity index (χ4v) is 4.20. The minimum atomic E-state index is -1.01. The molecule has 2 nitrogen and oxygen atoms in total. The molecule has 0 aliphatic heterocycles. The molecular formula is C14H20ClNOS. The van der Waals surface area contributed by atoms with Gasteiger partial charge in [0, 0.05) is 16.0 Å². The first-order chi connectivity index (χ1) is 8.68. The summed E-state index contributed by atoms with van der Waals surface area (Å²) < 4.78 is 12.6. The minimum absolute atomic E-state index is 0.0572. The summed E-state index contributed by atoms with van der Waals surface area (Å²) in [6, 6.07) is 7.35.